The van der Waals surface area contributed by atoms with Gasteiger partial charge in [0.05, 0.1) is 11.4 Å². The lowest BCUT2D eigenvalue weighted by Gasteiger charge is -2.28. The van der Waals surface area contributed by atoms with Gasteiger partial charge in [0.2, 0.25) is 5.91 Å². The highest BCUT2D eigenvalue weighted by Crippen LogP contribution is 2.29. The van der Waals surface area contributed by atoms with Gasteiger partial charge < -0.3 is 14.4 Å². The van der Waals surface area contributed by atoms with Crippen LogP contribution in [-0.4, -0.2) is 45.3 Å². The zero-order valence-electron chi connectivity index (χ0n) is 15.7. The average molecular weight is 374 g/mol. The first-order valence-electron chi connectivity index (χ1n) is 9.18. The summed E-state index contributed by atoms with van der Waals surface area (Å²) in [5.41, 5.74) is 1.12. The van der Waals surface area contributed by atoms with Gasteiger partial charge in [-0.3, -0.25) is 9.59 Å². The monoisotopic (exact) mass is 373 g/mol. The zero-order chi connectivity index (χ0) is 18.7. The van der Waals surface area contributed by atoms with Gasteiger partial charge in [-0.1, -0.05) is 19.9 Å². The topological polar surface area (TPSA) is 45.6 Å². The van der Waals surface area contributed by atoms with Crippen molar-refractivity contribution in [3.63, 3.8) is 0 Å². The van der Waals surface area contributed by atoms with E-state index in [2.05, 4.69) is 13.8 Å². The number of aryl methyl sites for hydroxylation is 1. The summed E-state index contributed by atoms with van der Waals surface area (Å²) in [6.45, 7) is 5.49. The molecule has 3 rings (SSSR count). The van der Waals surface area contributed by atoms with Crippen molar-refractivity contribution in [2.24, 2.45) is 13.0 Å². The highest BCUT2D eigenvalue weighted by atomic mass is 32.1. The Morgan fingerprint density at radius 1 is 1.27 bits per heavy atom. The van der Waals surface area contributed by atoms with Gasteiger partial charge in [0, 0.05) is 31.5 Å². The largest absolute Gasteiger partial charge is 0.353 e. The molecular weight excluding hydrogens is 346 g/mol. The molecule has 140 valence electrons. The maximum Gasteiger partial charge on any atom is 0.264 e. The lowest BCUT2D eigenvalue weighted by molar-refractivity contribution is -0.133. The number of nitrogens with zero attached hydrogens (tertiary/aromatic N) is 3. The fourth-order valence-electron chi connectivity index (χ4n) is 3.11. The number of aromatic nitrogens is 1. The summed E-state index contributed by atoms with van der Waals surface area (Å²) in [6.07, 6.45) is 4.11. The van der Waals surface area contributed by atoms with Crippen molar-refractivity contribution in [3.8, 4) is 0 Å². The van der Waals surface area contributed by atoms with Crippen molar-refractivity contribution in [3.05, 3.63) is 46.4 Å². The fraction of sp³-hybridized carbons (Fsp3) is 0.500. The normalized spacial score (nSPS) is 13.8. The van der Waals surface area contributed by atoms with E-state index in [1.54, 1.807) is 4.90 Å². The number of rotatable bonds is 8. The molecule has 0 saturated heterocycles. The molecule has 5 nitrogen and oxygen atoms in total. The van der Waals surface area contributed by atoms with Crippen LogP contribution in [0.4, 0.5) is 0 Å². The highest BCUT2D eigenvalue weighted by molar-refractivity contribution is 7.12. The van der Waals surface area contributed by atoms with Gasteiger partial charge >= 0.3 is 0 Å². The van der Waals surface area contributed by atoms with Crippen LogP contribution in [0.3, 0.4) is 0 Å². The average Bonchev–Trinajstić information content (AvgIpc) is 3.12. The molecule has 0 atom stereocenters. The van der Waals surface area contributed by atoms with E-state index in [4.69, 9.17) is 0 Å². The molecule has 1 saturated carbocycles. The van der Waals surface area contributed by atoms with Crippen molar-refractivity contribution >= 4 is 23.2 Å². The second-order valence-electron chi connectivity index (χ2n) is 7.42. The van der Waals surface area contributed by atoms with Crippen molar-refractivity contribution in [2.45, 2.75) is 39.3 Å². The van der Waals surface area contributed by atoms with E-state index in [0.717, 1.165) is 18.5 Å². The Bertz CT molecular complexity index is 747. The minimum atomic E-state index is -0.0448. The van der Waals surface area contributed by atoms with E-state index in [1.165, 1.54) is 11.3 Å². The second-order valence-corrected chi connectivity index (χ2v) is 8.37. The molecule has 2 aromatic heterocycles. The first kappa shape index (κ1) is 18.7. The van der Waals surface area contributed by atoms with Crippen LogP contribution in [-0.2, 0) is 18.4 Å². The van der Waals surface area contributed by atoms with Gasteiger partial charge in [-0.2, -0.15) is 0 Å². The van der Waals surface area contributed by atoms with E-state index in [-0.39, 0.29) is 18.4 Å². The molecule has 0 aromatic carbocycles. The van der Waals surface area contributed by atoms with Crippen LogP contribution in [0.2, 0.25) is 0 Å². The summed E-state index contributed by atoms with van der Waals surface area (Å²) >= 11 is 1.43. The SMILES string of the molecule is CC(C)CN(CC(=O)N(Cc1cccn1C)C1CC1)C(=O)c1cccs1. The van der Waals surface area contributed by atoms with E-state index < -0.39 is 0 Å². The molecular formula is C20H27N3O2S. The number of hydrogen-bond acceptors (Lipinski definition) is 3. The maximum atomic E-state index is 13.1. The van der Waals surface area contributed by atoms with Gasteiger partial charge in [0.15, 0.2) is 0 Å². The van der Waals surface area contributed by atoms with Crippen LogP contribution in [0.1, 0.15) is 42.1 Å². The van der Waals surface area contributed by atoms with Crippen molar-refractivity contribution in [1.82, 2.24) is 14.4 Å². The zero-order valence-corrected chi connectivity index (χ0v) is 16.5. The van der Waals surface area contributed by atoms with Crippen molar-refractivity contribution in [2.75, 3.05) is 13.1 Å². The van der Waals surface area contributed by atoms with Gasteiger partial charge in [0.1, 0.15) is 6.54 Å². The van der Waals surface area contributed by atoms with E-state index in [0.29, 0.717) is 29.9 Å². The van der Waals surface area contributed by atoms with E-state index in [9.17, 15) is 9.59 Å². The summed E-state index contributed by atoms with van der Waals surface area (Å²) in [4.78, 5) is 30.2. The third-order valence-electron chi connectivity index (χ3n) is 4.62. The second kappa shape index (κ2) is 8.08. The Kier molecular flexibility index (Phi) is 5.81. The van der Waals surface area contributed by atoms with Crippen LogP contribution in [0, 0.1) is 5.92 Å². The summed E-state index contributed by atoms with van der Waals surface area (Å²) < 4.78 is 2.05. The molecule has 6 heteroatoms. The van der Waals surface area contributed by atoms with Crippen molar-refractivity contribution < 1.29 is 9.59 Å². The lowest BCUT2D eigenvalue weighted by Crippen LogP contribution is -2.44. The Morgan fingerprint density at radius 3 is 2.58 bits per heavy atom. The predicted molar refractivity (Wildman–Crippen MR) is 104 cm³/mol. The quantitative estimate of drug-likeness (QED) is 0.712. The maximum absolute atomic E-state index is 13.1. The predicted octanol–water partition coefficient (Wildman–Crippen LogP) is 3.38. The highest BCUT2D eigenvalue weighted by Gasteiger charge is 2.34. The summed E-state index contributed by atoms with van der Waals surface area (Å²) in [5, 5.41) is 1.90. The standard InChI is InChI=1S/C20H27N3O2S/c1-15(2)12-22(20(25)18-7-5-11-26-18)14-19(24)23(16-8-9-16)13-17-6-4-10-21(17)3/h4-7,10-11,15-16H,8-9,12-14H2,1-3H3. The molecule has 1 aliphatic rings. The van der Waals surface area contributed by atoms with E-state index in [1.807, 2.05) is 52.4 Å². The Balaban J connectivity index is 1.72. The third-order valence-corrected chi connectivity index (χ3v) is 5.48. The summed E-state index contributed by atoms with van der Waals surface area (Å²) in [6, 6.07) is 8.06. The minimum Gasteiger partial charge on any atom is -0.353 e. The lowest BCUT2D eigenvalue weighted by atomic mass is 10.2. The molecule has 2 aromatic rings. The molecule has 2 heterocycles. The molecule has 0 aliphatic heterocycles. The molecule has 0 bridgehead atoms. The molecule has 1 aliphatic carbocycles. The van der Waals surface area contributed by atoms with E-state index >= 15 is 0 Å². The van der Waals surface area contributed by atoms with Gasteiger partial charge in [-0.05, 0) is 42.3 Å². The summed E-state index contributed by atoms with van der Waals surface area (Å²) in [5.74, 6) is 0.310. The Morgan fingerprint density at radius 2 is 2.04 bits per heavy atom. The molecule has 0 spiro atoms. The minimum absolute atomic E-state index is 0.0410. The van der Waals surface area contributed by atoms with Gasteiger partial charge in [-0.25, -0.2) is 0 Å². The van der Waals surface area contributed by atoms with Crippen molar-refractivity contribution in [1.29, 1.82) is 0 Å². The Labute approximate surface area is 159 Å². The van der Waals surface area contributed by atoms with Crippen LogP contribution in [0.5, 0.6) is 0 Å². The van der Waals surface area contributed by atoms with Crippen LogP contribution in [0.15, 0.2) is 35.8 Å². The van der Waals surface area contributed by atoms with Crippen LogP contribution in [0.25, 0.3) is 0 Å². The smallest absolute Gasteiger partial charge is 0.264 e. The van der Waals surface area contributed by atoms with Gasteiger partial charge in [-0.15, -0.1) is 11.3 Å². The fourth-order valence-corrected chi connectivity index (χ4v) is 3.80. The molecule has 0 N–H and O–H groups in total. The van der Waals surface area contributed by atoms with Crippen LogP contribution < -0.4 is 0 Å². The van der Waals surface area contributed by atoms with Gasteiger partial charge in [0.25, 0.3) is 5.91 Å². The Hall–Kier alpha value is -2.08. The molecule has 26 heavy (non-hydrogen) atoms. The van der Waals surface area contributed by atoms with Crippen LogP contribution >= 0.6 is 11.3 Å². The summed E-state index contributed by atoms with van der Waals surface area (Å²) in [7, 11) is 2.00. The molecule has 0 radical (unpaired) electrons. The number of carbonyl (C=O) groups is 2. The molecule has 0 unspecified atom stereocenters. The molecule has 2 amide bonds. The number of hydrogen-bond donors (Lipinski definition) is 0. The number of thiophene rings is 1. The molecule has 1 fully saturated rings. The number of amides is 2. The third kappa shape index (κ3) is 4.55. The first-order chi connectivity index (χ1) is 12.5. The number of carbonyl (C=O) groups excluding carboxylic acids is 2. The first-order valence-corrected chi connectivity index (χ1v) is 10.1.